The second-order valence-corrected chi connectivity index (χ2v) is 17.7. The summed E-state index contributed by atoms with van der Waals surface area (Å²) in [6.07, 6.45) is 5.44. The van der Waals surface area contributed by atoms with E-state index in [1.165, 1.54) is 98.2 Å². The van der Waals surface area contributed by atoms with Crippen LogP contribution in [0.5, 0.6) is 0 Å². The first-order chi connectivity index (χ1) is 22.8. The Labute approximate surface area is 287 Å². The summed E-state index contributed by atoms with van der Waals surface area (Å²) in [6, 6.07) is 26.8. The number of hydrogen-bond donors (Lipinski definition) is 0. The summed E-state index contributed by atoms with van der Waals surface area (Å²) in [5, 5.41) is 1.20. The number of aryl methyl sites for hydroxylation is 3. The molecule has 3 nitrogen and oxygen atoms in total. The minimum atomic E-state index is 0.0189. The molecule has 48 heavy (non-hydrogen) atoms. The van der Waals surface area contributed by atoms with Crippen LogP contribution in [0.25, 0.3) is 11.0 Å². The second-order valence-electron chi connectivity index (χ2n) is 17.7. The lowest BCUT2D eigenvalue weighted by molar-refractivity contribution is 0.413. The molecule has 0 N–H and O–H groups in total. The highest BCUT2D eigenvalue weighted by atomic mass is 16.3. The van der Waals surface area contributed by atoms with Crippen LogP contribution in [-0.2, 0) is 10.8 Å². The van der Waals surface area contributed by atoms with Crippen LogP contribution in [-0.4, -0.2) is 12.8 Å². The fourth-order valence-corrected chi connectivity index (χ4v) is 9.82. The average molecular weight is 633 g/mol. The molecule has 5 aromatic rings. The van der Waals surface area contributed by atoms with Gasteiger partial charge < -0.3 is 14.2 Å². The highest BCUT2D eigenvalue weighted by Gasteiger charge is 2.51. The fraction of sp³-hybridized carbons (Fsp3) is 0.409. The smallest absolute Gasteiger partial charge is 0.297 e. The molecule has 3 atom stereocenters. The third kappa shape index (κ3) is 4.40. The average Bonchev–Trinajstić information content (AvgIpc) is 3.74. The van der Waals surface area contributed by atoms with E-state index in [4.69, 9.17) is 4.42 Å². The molecule has 2 saturated carbocycles. The van der Waals surface area contributed by atoms with Crippen molar-refractivity contribution in [3.05, 3.63) is 94.5 Å². The van der Waals surface area contributed by atoms with Gasteiger partial charge in [0.15, 0.2) is 0 Å². The Balaban J connectivity index is 1.40. The predicted octanol–water partition coefficient (Wildman–Crippen LogP) is 9.89. The van der Waals surface area contributed by atoms with Gasteiger partial charge in [0.2, 0.25) is 0 Å². The summed E-state index contributed by atoms with van der Waals surface area (Å²) < 4.78 is 7.18. The van der Waals surface area contributed by atoms with Crippen LogP contribution in [0.1, 0.15) is 95.0 Å². The lowest BCUT2D eigenvalue weighted by atomic mass is 9.35. The molecule has 244 valence electrons. The maximum atomic E-state index is 7.18. The summed E-state index contributed by atoms with van der Waals surface area (Å²) in [5.41, 5.74) is 18.0. The highest BCUT2D eigenvalue weighted by molar-refractivity contribution is 6.99. The predicted molar refractivity (Wildman–Crippen MR) is 205 cm³/mol. The molecule has 4 heteroatoms. The Hall–Kier alpha value is -3.92. The quantitative estimate of drug-likeness (QED) is 0.177. The largest absolute Gasteiger partial charge is 0.468 e. The molecule has 3 unspecified atom stereocenters. The van der Waals surface area contributed by atoms with Crippen molar-refractivity contribution in [2.75, 3.05) is 9.80 Å². The molecule has 0 radical (unpaired) electrons. The first kappa shape index (κ1) is 30.2. The van der Waals surface area contributed by atoms with Crippen LogP contribution in [0.3, 0.4) is 0 Å². The van der Waals surface area contributed by atoms with Gasteiger partial charge in [-0.05, 0) is 144 Å². The number of fused-ring (bicyclic) bond motifs is 8. The molecule has 2 aliphatic carbocycles. The molecular formula is C44H49BN2O. The van der Waals surface area contributed by atoms with E-state index in [9.17, 15) is 0 Å². The van der Waals surface area contributed by atoms with E-state index in [2.05, 4.69) is 139 Å². The van der Waals surface area contributed by atoms with Gasteiger partial charge >= 0.3 is 0 Å². The Morgan fingerprint density at radius 3 is 2.02 bits per heavy atom. The fourth-order valence-electron chi connectivity index (χ4n) is 9.82. The Kier molecular flexibility index (Phi) is 6.32. The lowest BCUT2D eigenvalue weighted by Crippen LogP contribution is -2.63. The third-order valence-electron chi connectivity index (χ3n) is 12.1. The van der Waals surface area contributed by atoms with Crippen molar-refractivity contribution in [2.45, 2.75) is 105 Å². The van der Waals surface area contributed by atoms with Crippen molar-refractivity contribution in [3.8, 4) is 0 Å². The van der Waals surface area contributed by atoms with Gasteiger partial charge in [0, 0.05) is 34.2 Å². The van der Waals surface area contributed by atoms with E-state index >= 15 is 0 Å². The zero-order valence-corrected chi connectivity index (χ0v) is 30.3. The summed E-state index contributed by atoms with van der Waals surface area (Å²) in [7, 11) is 0. The van der Waals surface area contributed by atoms with E-state index < -0.39 is 0 Å². The van der Waals surface area contributed by atoms with Crippen molar-refractivity contribution in [2.24, 2.45) is 11.8 Å². The first-order valence-corrected chi connectivity index (χ1v) is 18.3. The minimum Gasteiger partial charge on any atom is -0.468 e. The number of hydrogen-bond acceptors (Lipinski definition) is 3. The normalized spacial score (nSPS) is 21.2. The number of rotatable bonds is 2. The highest BCUT2D eigenvalue weighted by Crippen LogP contribution is 2.52. The van der Waals surface area contributed by atoms with Crippen LogP contribution in [0.4, 0.5) is 28.4 Å². The maximum absolute atomic E-state index is 7.18. The lowest BCUT2D eigenvalue weighted by Gasteiger charge is -2.46. The van der Waals surface area contributed by atoms with E-state index in [-0.39, 0.29) is 17.5 Å². The summed E-state index contributed by atoms with van der Waals surface area (Å²) in [5.74, 6) is 1.62. The first-order valence-electron chi connectivity index (χ1n) is 18.3. The maximum Gasteiger partial charge on any atom is 0.297 e. The molecule has 0 amide bonds. The Bertz CT molecular complexity index is 2120. The molecule has 0 saturated heterocycles. The molecular weight excluding hydrogens is 583 g/mol. The third-order valence-corrected chi connectivity index (χ3v) is 12.1. The van der Waals surface area contributed by atoms with Crippen molar-refractivity contribution >= 4 is 62.7 Å². The molecule has 4 aliphatic rings. The molecule has 9 rings (SSSR count). The van der Waals surface area contributed by atoms with Gasteiger partial charge in [0.1, 0.15) is 5.58 Å². The van der Waals surface area contributed by atoms with Gasteiger partial charge in [-0.25, -0.2) is 0 Å². The molecule has 2 aliphatic heterocycles. The van der Waals surface area contributed by atoms with Crippen molar-refractivity contribution in [3.63, 3.8) is 0 Å². The van der Waals surface area contributed by atoms with Crippen LogP contribution in [0, 0.1) is 32.6 Å². The van der Waals surface area contributed by atoms with E-state index in [0.717, 1.165) is 23.1 Å². The standard InChI is InChI=1S/C44H49BN2O/c1-25-16-26(2)18-32(17-25)46-37-19-27(3)20-38-40(37)45(42-41(46)33-23-30(43(4,5)6)13-15-39(33)48-42)34-24-31(44(7,8)9)12-14-35(34)47(38)36-22-28-10-11-29(36)21-28/h12-20,23-24,28-29,36H,10-11,21-22H2,1-9H3. The topological polar surface area (TPSA) is 19.6 Å². The molecule has 3 heterocycles. The van der Waals surface area contributed by atoms with Crippen molar-refractivity contribution in [1.82, 2.24) is 0 Å². The van der Waals surface area contributed by atoms with Gasteiger partial charge in [0.25, 0.3) is 6.71 Å². The second kappa shape index (κ2) is 10.1. The van der Waals surface area contributed by atoms with Gasteiger partial charge in [-0.3, -0.25) is 0 Å². The number of anilines is 5. The zero-order valence-electron chi connectivity index (χ0n) is 30.3. The molecule has 4 aromatic carbocycles. The molecule has 2 bridgehead atoms. The van der Waals surface area contributed by atoms with Crippen LogP contribution < -0.4 is 26.4 Å². The summed E-state index contributed by atoms with van der Waals surface area (Å²) in [6.45, 7) is 20.7. The molecule has 0 spiro atoms. The zero-order chi connectivity index (χ0) is 33.4. The van der Waals surface area contributed by atoms with E-state index in [0.29, 0.717) is 6.04 Å². The van der Waals surface area contributed by atoms with E-state index in [1.807, 2.05) is 0 Å². The molecule has 2 fully saturated rings. The number of benzene rings is 4. The van der Waals surface area contributed by atoms with Gasteiger partial charge in [-0.15, -0.1) is 0 Å². The number of nitrogens with zero attached hydrogens (tertiary/aromatic N) is 2. The van der Waals surface area contributed by atoms with Crippen LogP contribution in [0.15, 0.2) is 71.1 Å². The van der Waals surface area contributed by atoms with Crippen LogP contribution in [0.2, 0.25) is 0 Å². The summed E-state index contributed by atoms with van der Waals surface area (Å²) in [4.78, 5) is 5.37. The van der Waals surface area contributed by atoms with E-state index in [1.54, 1.807) is 0 Å². The van der Waals surface area contributed by atoms with Gasteiger partial charge in [-0.2, -0.15) is 0 Å². The minimum absolute atomic E-state index is 0.0189. The summed E-state index contributed by atoms with van der Waals surface area (Å²) >= 11 is 0. The number of furan rings is 1. The van der Waals surface area contributed by atoms with Gasteiger partial charge in [-0.1, -0.05) is 72.2 Å². The Morgan fingerprint density at radius 1 is 0.688 bits per heavy atom. The monoisotopic (exact) mass is 632 g/mol. The SMILES string of the molecule is Cc1cc(C)cc(N2c3cc(C)cc4c3B(c3cc(C(C)(C)C)ccc3N4C3CC4CCC3C4)c3oc4ccc(C(C)(C)C)cc4c32)c1. The van der Waals surface area contributed by atoms with Gasteiger partial charge in [0.05, 0.1) is 11.3 Å². The molecule has 1 aromatic heterocycles. The van der Waals surface area contributed by atoms with Crippen molar-refractivity contribution < 1.29 is 4.42 Å². The van der Waals surface area contributed by atoms with Crippen LogP contribution >= 0.6 is 0 Å². The van der Waals surface area contributed by atoms with Crippen molar-refractivity contribution in [1.29, 1.82) is 0 Å². The Morgan fingerprint density at radius 2 is 1.35 bits per heavy atom.